The summed E-state index contributed by atoms with van der Waals surface area (Å²) in [6, 6.07) is 0. The van der Waals surface area contributed by atoms with E-state index in [1.54, 1.807) is 0 Å². The van der Waals surface area contributed by atoms with E-state index in [9.17, 15) is 9.59 Å². The van der Waals surface area contributed by atoms with Crippen molar-refractivity contribution in [2.45, 2.75) is 33.1 Å². The van der Waals surface area contributed by atoms with Crippen LogP contribution in [0.3, 0.4) is 0 Å². The summed E-state index contributed by atoms with van der Waals surface area (Å²) in [5, 5.41) is 2.68. The second kappa shape index (κ2) is 8.39. The van der Waals surface area contributed by atoms with Gasteiger partial charge in [0.15, 0.2) is 16.0 Å². The molecule has 6 heteroatoms. The van der Waals surface area contributed by atoms with Crippen LogP contribution in [-0.4, -0.2) is 45.5 Å². The highest BCUT2D eigenvalue weighted by atomic mass is 16.1. The molecule has 0 aliphatic rings. The number of nitrogens with zero attached hydrogens (tertiary/aromatic N) is 1. The van der Waals surface area contributed by atoms with Gasteiger partial charge < -0.3 is 10.0 Å². The fourth-order valence-electron chi connectivity index (χ4n) is 1.12. The highest BCUT2D eigenvalue weighted by Gasteiger charge is 2.07. The van der Waals surface area contributed by atoms with E-state index >= 15 is 0 Å². The summed E-state index contributed by atoms with van der Waals surface area (Å²) < 4.78 is 1.05. The molecule has 0 aromatic carbocycles. The van der Waals surface area contributed by atoms with Crippen LogP contribution in [0, 0.1) is 5.92 Å². The molecule has 0 rings (SSSR count). The molecule has 4 nitrogen and oxygen atoms in total. The topological polar surface area (TPSA) is 49.4 Å². The summed E-state index contributed by atoms with van der Waals surface area (Å²) in [5.41, 5.74) is 0. The molecule has 0 aliphatic carbocycles. The van der Waals surface area contributed by atoms with E-state index in [-0.39, 0.29) is 17.6 Å². The first-order valence-corrected chi connectivity index (χ1v) is 5.49. The molecule has 0 saturated heterocycles. The van der Waals surface area contributed by atoms with E-state index in [1.807, 2.05) is 13.8 Å². The van der Waals surface area contributed by atoms with Gasteiger partial charge in [-0.1, -0.05) is 13.8 Å². The molecule has 0 heterocycles. The molecule has 4 radical (unpaired) electrons. The van der Waals surface area contributed by atoms with Crippen molar-refractivity contribution >= 4 is 27.7 Å². The molecule has 0 fully saturated rings. The average molecular weight is 220 g/mol. The van der Waals surface area contributed by atoms with Crippen LogP contribution < -0.4 is 5.32 Å². The number of ketones is 1. The number of hydrogen-bond acceptors (Lipinski definition) is 3. The zero-order valence-corrected chi connectivity index (χ0v) is 10.0. The third-order valence-corrected chi connectivity index (χ3v) is 2.16. The Kier molecular flexibility index (Phi) is 7.99. The molecule has 1 N–H and O–H groups in total. The summed E-state index contributed by atoms with van der Waals surface area (Å²) in [7, 11) is 10.4. The van der Waals surface area contributed by atoms with Gasteiger partial charge in [-0.05, 0) is 13.0 Å². The lowest BCUT2D eigenvalue weighted by molar-refractivity contribution is -0.122. The molecule has 0 saturated carbocycles. The number of hydrogen-bond donors (Lipinski definition) is 1. The Labute approximate surface area is 100 Å². The Morgan fingerprint density at radius 3 is 2.38 bits per heavy atom. The summed E-state index contributed by atoms with van der Waals surface area (Å²) in [4.78, 5) is 22.5. The molecule has 0 atom stereocenters. The van der Waals surface area contributed by atoms with Crippen molar-refractivity contribution in [3.8, 4) is 0 Å². The molecule has 0 aromatic heterocycles. The first-order valence-electron chi connectivity index (χ1n) is 5.49. The second-order valence-electron chi connectivity index (χ2n) is 4.06. The van der Waals surface area contributed by atoms with Crippen LogP contribution in [0.1, 0.15) is 33.1 Å². The second-order valence-corrected chi connectivity index (χ2v) is 4.06. The monoisotopic (exact) mass is 220 g/mol. The van der Waals surface area contributed by atoms with Crippen molar-refractivity contribution in [2.75, 3.05) is 13.1 Å². The lowest BCUT2D eigenvalue weighted by Gasteiger charge is -2.10. The van der Waals surface area contributed by atoms with Crippen molar-refractivity contribution < 1.29 is 9.59 Å². The van der Waals surface area contributed by atoms with Gasteiger partial charge in [-0.3, -0.25) is 9.59 Å². The van der Waals surface area contributed by atoms with E-state index in [0.717, 1.165) is 4.72 Å². The summed E-state index contributed by atoms with van der Waals surface area (Å²) in [6.45, 7) is 4.58. The van der Waals surface area contributed by atoms with Crippen LogP contribution in [0.15, 0.2) is 0 Å². The van der Waals surface area contributed by atoms with Crippen molar-refractivity contribution in [3.05, 3.63) is 0 Å². The predicted molar refractivity (Wildman–Crippen MR) is 64.9 cm³/mol. The van der Waals surface area contributed by atoms with Gasteiger partial charge in [0, 0.05) is 25.3 Å². The maximum atomic E-state index is 11.3. The van der Waals surface area contributed by atoms with Crippen LogP contribution in [0.25, 0.3) is 0 Å². The third kappa shape index (κ3) is 8.53. The van der Waals surface area contributed by atoms with Crippen LogP contribution in [0.2, 0.25) is 0 Å². The quantitative estimate of drug-likeness (QED) is 0.584. The summed E-state index contributed by atoms with van der Waals surface area (Å²) in [5.74, 6) is 0.119. The van der Waals surface area contributed by atoms with Gasteiger partial charge in [0.05, 0.1) is 0 Å². The lowest BCUT2D eigenvalue weighted by Crippen LogP contribution is -2.28. The van der Waals surface area contributed by atoms with Crippen molar-refractivity contribution in [1.29, 1.82) is 0 Å². The molecule has 0 spiro atoms. The van der Waals surface area contributed by atoms with Crippen molar-refractivity contribution in [1.82, 2.24) is 10.0 Å². The predicted octanol–water partition coefficient (Wildman–Crippen LogP) is -0.0330. The molecular formula is C10H18B2N2O2. The number of Topliss-reactive ketones (excluding diaryl/α,β-unsaturated/α-hetero) is 1. The minimum absolute atomic E-state index is 0.0277. The van der Waals surface area contributed by atoms with E-state index in [0.29, 0.717) is 32.4 Å². The maximum absolute atomic E-state index is 11.3. The zero-order chi connectivity index (χ0) is 12.6. The average Bonchev–Trinajstić information content (AvgIpc) is 2.16. The van der Waals surface area contributed by atoms with Crippen molar-refractivity contribution in [2.24, 2.45) is 5.92 Å². The molecular weight excluding hydrogens is 202 g/mol. The fraction of sp³-hybridized carbons (Fsp3) is 0.800. The lowest BCUT2D eigenvalue weighted by atomic mass is 10.1. The number of nitrogens with one attached hydrogen (secondary N) is 1. The van der Waals surface area contributed by atoms with Gasteiger partial charge in [-0.2, -0.15) is 0 Å². The number of carbonyl (C=O) groups is 2. The fourth-order valence-corrected chi connectivity index (χ4v) is 1.12. The maximum Gasteiger partial charge on any atom is 0.220 e. The highest BCUT2D eigenvalue weighted by Crippen LogP contribution is 1.97. The molecule has 86 valence electrons. The summed E-state index contributed by atoms with van der Waals surface area (Å²) in [6.07, 6.45) is 1.38. The standard InChI is InChI=1S/C10H18B2N2O2/c1-8(2)9(15)5-6-13-10(16)4-3-7-14(11)12/h8H,3-7H2,1-2H3,(H,13,16). The zero-order valence-electron chi connectivity index (χ0n) is 10.0. The SMILES string of the molecule is [B]N([B])CCCC(=O)NCCC(=O)C(C)C. The van der Waals surface area contributed by atoms with E-state index in [1.165, 1.54) is 0 Å². The molecule has 0 unspecified atom stereocenters. The Balaban J connectivity index is 3.48. The van der Waals surface area contributed by atoms with Crippen LogP contribution in [-0.2, 0) is 9.59 Å². The first-order chi connectivity index (χ1) is 7.43. The molecule has 1 amide bonds. The molecule has 0 aliphatic heterocycles. The van der Waals surface area contributed by atoms with Gasteiger partial charge in [0.25, 0.3) is 0 Å². The number of carbonyl (C=O) groups excluding carboxylic acids is 2. The van der Waals surface area contributed by atoms with Gasteiger partial charge in [0.2, 0.25) is 5.91 Å². The van der Waals surface area contributed by atoms with Gasteiger partial charge in [0.1, 0.15) is 5.78 Å². The van der Waals surface area contributed by atoms with E-state index < -0.39 is 0 Å². The Bertz CT molecular complexity index is 233. The normalized spacial score (nSPS) is 10.8. The smallest absolute Gasteiger partial charge is 0.220 e. The molecule has 16 heavy (non-hydrogen) atoms. The van der Waals surface area contributed by atoms with Gasteiger partial charge >= 0.3 is 0 Å². The van der Waals surface area contributed by atoms with E-state index in [2.05, 4.69) is 5.32 Å². The molecule has 0 bridgehead atoms. The largest absolute Gasteiger partial charge is 0.404 e. The highest BCUT2D eigenvalue weighted by molar-refractivity contribution is 6.24. The Morgan fingerprint density at radius 2 is 1.88 bits per heavy atom. The Morgan fingerprint density at radius 1 is 1.25 bits per heavy atom. The van der Waals surface area contributed by atoms with Gasteiger partial charge in [-0.15, -0.1) is 0 Å². The van der Waals surface area contributed by atoms with Crippen molar-refractivity contribution in [3.63, 3.8) is 0 Å². The van der Waals surface area contributed by atoms with Crippen LogP contribution >= 0.6 is 0 Å². The minimum atomic E-state index is -0.0709. The van der Waals surface area contributed by atoms with E-state index in [4.69, 9.17) is 16.0 Å². The molecule has 0 aromatic rings. The minimum Gasteiger partial charge on any atom is -0.404 e. The van der Waals surface area contributed by atoms with Crippen LogP contribution in [0.5, 0.6) is 0 Å². The van der Waals surface area contributed by atoms with Gasteiger partial charge in [-0.25, -0.2) is 0 Å². The number of rotatable bonds is 8. The summed E-state index contributed by atoms with van der Waals surface area (Å²) >= 11 is 0. The van der Waals surface area contributed by atoms with Crippen LogP contribution in [0.4, 0.5) is 0 Å². The first kappa shape index (κ1) is 15.2. The number of amides is 1. The Hall–Kier alpha value is -0.770. The third-order valence-electron chi connectivity index (χ3n) is 2.16.